The number of amides is 1. The number of para-hydroxylation sites is 1. The van der Waals surface area contributed by atoms with Gasteiger partial charge >= 0.3 is 0 Å². The van der Waals surface area contributed by atoms with Crippen LogP contribution in [0.1, 0.15) is 24.2 Å². The molecule has 0 N–H and O–H groups in total. The van der Waals surface area contributed by atoms with Crippen molar-refractivity contribution in [1.29, 1.82) is 0 Å². The smallest absolute Gasteiger partial charge is 0.245 e. The summed E-state index contributed by atoms with van der Waals surface area (Å²) in [6.45, 7) is 3.72. The Morgan fingerprint density at radius 2 is 2.20 bits per heavy atom. The van der Waals surface area contributed by atoms with Crippen LogP contribution in [-0.2, 0) is 4.79 Å². The third-order valence-corrected chi connectivity index (χ3v) is 4.24. The standard InChI is InChI=1S/C17H21FN4O3/c1-12-19-17(25-20-12)14-11-22(9-8-21(14)2)16(23)7-10-24-15-6-4-3-5-13(15)18/h3-6,14H,7-11H2,1-2H3/t14-/m1/s1. The molecule has 1 amide bonds. The number of hydrogen-bond donors (Lipinski definition) is 0. The number of aromatic nitrogens is 2. The Labute approximate surface area is 145 Å². The molecule has 8 heteroatoms. The lowest BCUT2D eigenvalue weighted by molar-refractivity contribution is -0.134. The van der Waals surface area contributed by atoms with Crippen LogP contribution < -0.4 is 4.74 Å². The Kier molecular flexibility index (Phi) is 5.28. The summed E-state index contributed by atoms with van der Waals surface area (Å²) in [7, 11) is 1.97. The third kappa shape index (κ3) is 4.14. The van der Waals surface area contributed by atoms with E-state index in [9.17, 15) is 9.18 Å². The van der Waals surface area contributed by atoms with Crippen molar-refractivity contribution in [2.24, 2.45) is 0 Å². The van der Waals surface area contributed by atoms with Crippen LogP contribution in [0, 0.1) is 12.7 Å². The quantitative estimate of drug-likeness (QED) is 0.820. The first kappa shape index (κ1) is 17.3. The molecular weight excluding hydrogens is 327 g/mol. The van der Waals surface area contributed by atoms with Gasteiger partial charge in [-0.05, 0) is 26.1 Å². The minimum atomic E-state index is -0.429. The highest BCUT2D eigenvalue weighted by Crippen LogP contribution is 2.23. The van der Waals surface area contributed by atoms with Crippen molar-refractivity contribution >= 4 is 5.91 Å². The molecule has 25 heavy (non-hydrogen) atoms. The summed E-state index contributed by atoms with van der Waals surface area (Å²) in [4.78, 5) is 20.5. The molecule has 1 saturated heterocycles. The first-order valence-electron chi connectivity index (χ1n) is 8.20. The van der Waals surface area contributed by atoms with Crippen molar-refractivity contribution in [2.45, 2.75) is 19.4 Å². The van der Waals surface area contributed by atoms with Crippen molar-refractivity contribution in [3.8, 4) is 5.75 Å². The van der Waals surface area contributed by atoms with Gasteiger partial charge in [-0.15, -0.1) is 0 Å². The molecule has 0 spiro atoms. The van der Waals surface area contributed by atoms with E-state index in [1.165, 1.54) is 6.07 Å². The topological polar surface area (TPSA) is 71.7 Å². The van der Waals surface area contributed by atoms with Gasteiger partial charge in [0.05, 0.1) is 13.0 Å². The zero-order valence-electron chi connectivity index (χ0n) is 14.3. The average molecular weight is 348 g/mol. The normalized spacial score (nSPS) is 18.4. The van der Waals surface area contributed by atoms with Crippen molar-refractivity contribution < 1.29 is 18.4 Å². The predicted molar refractivity (Wildman–Crippen MR) is 87.5 cm³/mol. The van der Waals surface area contributed by atoms with E-state index in [0.717, 1.165) is 0 Å². The molecule has 0 saturated carbocycles. The van der Waals surface area contributed by atoms with Gasteiger partial charge in [-0.1, -0.05) is 17.3 Å². The number of carbonyl (C=O) groups is 1. The molecule has 1 atom stereocenters. The fraction of sp³-hybridized carbons (Fsp3) is 0.471. The molecule has 1 aliphatic heterocycles. The lowest BCUT2D eigenvalue weighted by Crippen LogP contribution is -2.49. The fourth-order valence-corrected chi connectivity index (χ4v) is 2.78. The van der Waals surface area contributed by atoms with Gasteiger partial charge in [-0.25, -0.2) is 4.39 Å². The van der Waals surface area contributed by atoms with Gasteiger partial charge in [0.15, 0.2) is 17.4 Å². The zero-order chi connectivity index (χ0) is 17.8. The van der Waals surface area contributed by atoms with Crippen molar-refractivity contribution in [1.82, 2.24) is 19.9 Å². The maximum absolute atomic E-state index is 13.5. The molecule has 1 aromatic carbocycles. The molecule has 2 aromatic rings. The molecule has 1 aliphatic rings. The summed E-state index contributed by atoms with van der Waals surface area (Å²) in [5.74, 6) is 0.783. The molecule has 7 nitrogen and oxygen atoms in total. The van der Waals surface area contributed by atoms with Crippen LogP contribution in [-0.4, -0.2) is 59.1 Å². The van der Waals surface area contributed by atoms with E-state index in [0.29, 0.717) is 31.3 Å². The monoisotopic (exact) mass is 348 g/mol. The number of benzene rings is 1. The Hall–Kier alpha value is -2.48. The summed E-state index contributed by atoms with van der Waals surface area (Å²) in [5, 5.41) is 3.82. The Balaban J connectivity index is 1.54. The first-order chi connectivity index (χ1) is 12.0. The molecule has 0 radical (unpaired) electrons. The lowest BCUT2D eigenvalue weighted by Gasteiger charge is -2.37. The average Bonchev–Trinajstić information content (AvgIpc) is 3.03. The second-order valence-corrected chi connectivity index (χ2v) is 6.04. The highest BCUT2D eigenvalue weighted by Gasteiger charge is 2.31. The summed E-state index contributed by atoms with van der Waals surface area (Å²) >= 11 is 0. The van der Waals surface area contributed by atoms with Crippen LogP contribution in [0.15, 0.2) is 28.8 Å². The number of aryl methyl sites for hydroxylation is 1. The van der Waals surface area contributed by atoms with Gasteiger partial charge in [0, 0.05) is 19.6 Å². The molecular formula is C17H21FN4O3. The number of halogens is 1. The molecule has 2 heterocycles. The van der Waals surface area contributed by atoms with E-state index in [-0.39, 0.29) is 30.7 Å². The molecule has 134 valence electrons. The highest BCUT2D eigenvalue weighted by molar-refractivity contribution is 5.76. The van der Waals surface area contributed by atoms with Crippen LogP contribution in [0.5, 0.6) is 5.75 Å². The SMILES string of the molecule is Cc1noc([C@H]2CN(C(=O)CCOc3ccccc3F)CCN2C)n1. The second kappa shape index (κ2) is 7.60. The van der Waals surface area contributed by atoms with Crippen LogP contribution in [0.25, 0.3) is 0 Å². The van der Waals surface area contributed by atoms with E-state index in [1.807, 2.05) is 7.05 Å². The molecule has 3 rings (SSSR count). The third-order valence-electron chi connectivity index (χ3n) is 4.24. The van der Waals surface area contributed by atoms with E-state index in [4.69, 9.17) is 9.26 Å². The van der Waals surface area contributed by atoms with Gasteiger partial charge in [0.25, 0.3) is 0 Å². The van der Waals surface area contributed by atoms with Gasteiger partial charge in [-0.2, -0.15) is 4.98 Å². The number of likely N-dealkylation sites (N-methyl/N-ethyl adjacent to an activating group) is 1. The zero-order valence-corrected chi connectivity index (χ0v) is 14.3. The lowest BCUT2D eigenvalue weighted by atomic mass is 10.1. The van der Waals surface area contributed by atoms with Gasteiger partial charge < -0.3 is 14.2 Å². The van der Waals surface area contributed by atoms with Gasteiger partial charge in [0.2, 0.25) is 11.8 Å². The Bertz CT molecular complexity index is 736. The highest BCUT2D eigenvalue weighted by atomic mass is 19.1. The van der Waals surface area contributed by atoms with E-state index in [1.54, 1.807) is 30.0 Å². The molecule has 0 bridgehead atoms. The number of nitrogens with zero attached hydrogens (tertiary/aromatic N) is 4. The van der Waals surface area contributed by atoms with Crippen LogP contribution in [0.2, 0.25) is 0 Å². The number of ether oxygens (including phenoxy) is 1. The number of rotatable bonds is 5. The second-order valence-electron chi connectivity index (χ2n) is 6.04. The number of hydrogen-bond acceptors (Lipinski definition) is 6. The van der Waals surface area contributed by atoms with Gasteiger partial charge in [0.1, 0.15) is 6.04 Å². The van der Waals surface area contributed by atoms with Crippen molar-refractivity contribution in [3.63, 3.8) is 0 Å². The summed E-state index contributed by atoms with van der Waals surface area (Å²) in [6, 6.07) is 6.04. The maximum atomic E-state index is 13.5. The van der Waals surface area contributed by atoms with Crippen LogP contribution >= 0.6 is 0 Å². The van der Waals surface area contributed by atoms with Crippen molar-refractivity contribution in [2.75, 3.05) is 33.3 Å². The minimum absolute atomic E-state index is 0.0364. The van der Waals surface area contributed by atoms with Crippen molar-refractivity contribution in [3.05, 3.63) is 41.8 Å². The Morgan fingerprint density at radius 1 is 1.40 bits per heavy atom. The number of carbonyl (C=O) groups excluding carboxylic acids is 1. The first-order valence-corrected chi connectivity index (χ1v) is 8.20. The predicted octanol–water partition coefficient (Wildman–Crippen LogP) is 1.80. The molecule has 0 unspecified atom stereocenters. The summed E-state index contributed by atoms with van der Waals surface area (Å²) < 4.78 is 24.1. The molecule has 1 aromatic heterocycles. The van der Waals surface area contributed by atoms with E-state index in [2.05, 4.69) is 15.0 Å². The molecule has 1 fully saturated rings. The number of piperazine rings is 1. The molecule has 0 aliphatic carbocycles. The van der Waals surface area contributed by atoms with Gasteiger partial charge in [-0.3, -0.25) is 9.69 Å². The van der Waals surface area contributed by atoms with E-state index < -0.39 is 5.82 Å². The fourth-order valence-electron chi connectivity index (χ4n) is 2.78. The maximum Gasteiger partial charge on any atom is 0.245 e. The van der Waals surface area contributed by atoms with E-state index >= 15 is 0 Å². The Morgan fingerprint density at radius 3 is 2.92 bits per heavy atom. The summed E-state index contributed by atoms with van der Waals surface area (Å²) in [5.41, 5.74) is 0. The largest absolute Gasteiger partial charge is 0.490 e. The van der Waals surface area contributed by atoms with Crippen LogP contribution in [0.3, 0.4) is 0 Å². The van der Waals surface area contributed by atoms with Crippen LogP contribution in [0.4, 0.5) is 4.39 Å². The minimum Gasteiger partial charge on any atom is -0.490 e. The summed E-state index contributed by atoms with van der Waals surface area (Å²) in [6.07, 6.45) is 0.188.